The zero-order chi connectivity index (χ0) is 26.5. The monoisotopic (exact) mass is 473 g/mol. The fraction of sp³-hybridized carbons (Fsp3) is 0.158. The standard InChI is InChI=1S/C19H10B7NO7S/c1-32-18(29)7-4-2-6(3-5-7)15-14(28)16(17(27)33-15)34-35(30,31)19(25,26)8-9(20)11(22)13(24)12(23)10(8)21/h2-5,15H,27H2,1H3. The minimum absolute atomic E-state index is 0.203. The van der Waals surface area contributed by atoms with Gasteiger partial charge in [-0.3, -0.25) is 4.79 Å². The number of rotatable bonds is 6. The molecule has 0 fully saturated rings. The minimum atomic E-state index is -5.14. The topological polar surface area (TPSA) is 122 Å². The van der Waals surface area contributed by atoms with Crippen LogP contribution in [0.25, 0.3) is 0 Å². The Balaban J connectivity index is 1.94. The smallest absolute Gasteiger partial charge is 0.337 e. The first kappa shape index (κ1) is 26.7. The summed E-state index contributed by atoms with van der Waals surface area (Å²) in [7, 11) is 36.7. The Kier molecular flexibility index (Phi) is 7.10. The molecule has 1 aliphatic heterocycles. The summed E-state index contributed by atoms with van der Waals surface area (Å²) in [6.07, 6.45) is -1.38. The summed E-state index contributed by atoms with van der Waals surface area (Å²) in [6, 6.07) is 5.51. The number of nitrogens with two attached hydrogens (primary N) is 1. The second-order valence-corrected chi connectivity index (χ2v) is 9.19. The molecule has 0 saturated carbocycles. The van der Waals surface area contributed by atoms with Crippen LogP contribution in [0.15, 0.2) is 35.9 Å². The first-order valence-electron chi connectivity index (χ1n) is 9.58. The number of hydrogen-bond donors (Lipinski definition) is 1. The maximum Gasteiger partial charge on any atom is 0.337 e. The summed E-state index contributed by atoms with van der Waals surface area (Å²) in [4.78, 5) is 24.5. The zero-order valence-corrected chi connectivity index (χ0v) is 19.1. The van der Waals surface area contributed by atoms with Crippen LogP contribution >= 0.6 is 0 Å². The number of Topliss-reactive ketones (excluding diaryl/α,β-unsaturated/α-hetero) is 1. The zero-order valence-electron chi connectivity index (χ0n) is 18.3. The van der Waals surface area contributed by atoms with Gasteiger partial charge in [0.25, 0.3) is 0 Å². The Morgan fingerprint density at radius 2 is 1.46 bits per heavy atom. The minimum Gasteiger partial charge on any atom is -0.465 e. The molecule has 14 radical (unpaired) electrons. The van der Waals surface area contributed by atoms with Crippen LogP contribution in [0.1, 0.15) is 27.6 Å². The number of hydrogen-bond acceptors (Lipinski definition) is 8. The lowest BCUT2D eigenvalue weighted by molar-refractivity contribution is -0.123. The van der Waals surface area contributed by atoms with Gasteiger partial charge in [0, 0.05) is 5.56 Å². The number of carbonyl (C=O) groups is 2. The van der Waals surface area contributed by atoms with Gasteiger partial charge >= 0.3 is 16.1 Å². The van der Waals surface area contributed by atoms with Crippen LogP contribution in [0.2, 0.25) is 0 Å². The molecule has 1 unspecified atom stereocenters. The van der Waals surface area contributed by atoms with Crippen molar-refractivity contribution in [1.82, 2.24) is 0 Å². The van der Waals surface area contributed by atoms with E-state index in [1.54, 1.807) is 0 Å². The van der Waals surface area contributed by atoms with Gasteiger partial charge in [0.1, 0.15) is 39.2 Å². The number of methoxy groups -OCH3 is 1. The maximum atomic E-state index is 13.1. The van der Waals surface area contributed by atoms with E-state index in [1.807, 2.05) is 0 Å². The molecule has 2 N–H and O–H groups in total. The molecule has 0 aliphatic carbocycles. The summed E-state index contributed by atoms with van der Waals surface area (Å²) in [5.41, 5.74) is 3.82. The Labute approximate surface area is 211 Å². The first-order valence-corrected chi connectivity index (χ1v) is 11.0. The Bertz CT molecular complexity index is 1350. The van der Waals surface area contributed by atoms with Gasteiger partial charge in [0.2, 0.25) is 17.4 Å². The molecular formula is C19H10B7NO7S. The van der Waals surface area contributed by atoms with Crippen molar-refractivity contribution in [3.05, 3.63) is 52.6 Å². The van der Waals surface area contributed by atoms with Crippen molar-refractivity contribution in [2.24, 2.45) is 5.73 Å². The molecule has 3 rings (SSSR count). The van der Waals surface area contributed by atoms with Crippen molar-refractivity contribution in [3.63, 3.8) is 0 Å². The van der Waals surface area contributed by atoms with E-state index in [4.69, 9.17) is 69.6 Å². The molecule has 0 amide bonds. The third-order valence-electron chi connectivity index (χ3n) is 5.26. The van der Waals surface area contributed by atoms with Crippen LogP contribution in [0.3, 0.4) is 0 Å². The number of ether oxygens (including phenoxy) is 2. The summed E-state index contributed by atoms with van der Waals surface area (Å²) < 4.78 is 38.0. The number of ketones is 1. The van der Waals surface area contributed by atoms with E-state index in [0.29, 0.717) is 0 Å². The predicted octanol–water partition coefficient (Wildman–Crippen LogP) is -5.30. The van der Waals surface area contributed by atoms with E-state index in [9.17, 15) is 18.0 Å². The van der Waals surface area contributed by atoms with Gasteiger partial charge in [-0.1, -0.05) is 17.7 Å². The maximum absolute atomic E-state index is 13.1. The number of carbonyl (C=O) groups excluding carboxylic acids is 2. The Morgan fingerprint density at radius 3 is 1.94 bits per heavy atom. The van der Waals surface area contributed by atoms with Gasteiger partial charge in [-0.15, -0.1) is 27.3 Å². The van der Waals surface area contributed by atoms with E-state index in [-0.39, 0.29) is 27.5 Å². The summed E-state index contributed by atoms with van der Waals surface area (Å²) in [5.74, 6) is -3.12. The largest absolute Gasteiger partial charge is 0.465 e. The SMILES string of the molecule is [B]c1c([B])c([B])c(C([B])([B])S(=O)(=O)OC2=C(N)OC(c3ccc(C(=O)OC)cc3)C2=O)c([B])c1[B]. The molecular weight excluding hydrogens is 462 g/mol. The Morgan fingerprint density at radius 1 is 0.971 bits per heavy atom. The highest BCUT2D eigenvalue weighted by molar-refractivity contribution is 7.90. The van der Waals surface area contributed by atoms with Crippen LogP contribution in [0.4, 0.5) is 0 Å². The summed E-state index contributed by atoms with van der Waals surface area (Å²) >= 11 is 0. The molecule has 35 heavy (non-hydrogen) atoms. The normalized spacial score (nSPS) is 16.1. The third kappa shape index (κ3) is 4.44. The van der Waals surface area contributed by atoms with Gasteiger partial charge in [0.15, 0.2) is 6.10 Å². The highest BCUT2D eigenvalue weighted by Gasteiger charge is 2.45. The van der Waals surface area contributed by atoms with E-state index in [2.05, 4.69) is 4.74 Å². The van der Waals surface area contributed by atoms with Crippen molar-refractivity contribution in [2.45, 2.75) is 10.6 Å². The number of benzene rings is 2. The van der Waals surface area contributed by atoms with Gasteiger partial charge in [-0.25, -0.2) is 4.79 Å². The van der Waals surface area contributed by atoms with Gasteiger partial charge < -0.3 is 19.4 Å². The third-order valence-corrected chi connectivity index (χ3v) is 6.68. The van der Waals surface area contributed by atoms with Gasteiger partial charge in [0.05, 0.1) is 32.9 Å². The van der Waals surface area contributed by atoms with Crippen molar-refractivity contribution in [3.8, 4) is 0 Å². The lowest BCUT2D eigenvalue weighted by atomic mass is 9.53. The molecule has 16 heteroatoms. The van der Waals surface area contributed by atoms with E-state index >= 15 is 0 Å². The summed E-state index contributed by atoms with van der Waals surface area (Å²) in [5, 5.41) is 0. The highest BCUT2D eigenvalue weighted by atomic mass is 32.2. The average Bonchev–Trinajstić information content (AvgIpc) is 3.08. The highest BCUT2D eigenvalue weighted by Crippen LogP contribution is 2.34. The van der Waals surface area contributed by atoms with Crippen LogP contribution in [-0.4, -0.2) is 82.2 Å². The molecule has 0 bridgehead atoms. The molecule has 2 aromatic carbocycles. The molecule has 0 spiro atoms. The van der Waals surface area contributed by atoms with Gasteiger partial charge in [-0.2, -0.15) is 8.42 Å². The van der Waals surface area contributed by atoms with Crippen LogP contribution < -0.4 is 33.0 Å². The fourth-order valence-corrected chi connectivity index (χ4v) is 4.25. The second kappa shape index (κ2) is 9.30. The molecule has 1 heterocycles. The van der Waals surface area contributed by atoms with E-state index < -0.39 is 60.7 Å². The van der Waals surface area contributed by atoms with Crippen LogP contribution in [-0.2, 0) is 33.1 Å². The van der Waals surface area contributed by atoms with Crippen LogP contribution in [0, 0.1) is 0 Å². The van der Waals surface area contributed by atoms with Gasteiger partial charge in [-0.05, 0) is 12.1 Å². The second-order valence-electron chi connectivity index (χ2n) is 7.44. The van der Waals surface area contributed by atoms with Crippen molar-refractivity contribution < 1.29 is 31.7 Å². The molecule has 160 valence electrons. The molecule has 0 saturated heterocycles. The fourth-order valence-electron chi connectivity index (χ4n) is 3.26. The first-order chi connectivity index (χ1) is 16.2. The molecule has 8 nitrogen and oxygen atoms in total. The van der Waals surface area contributed by atoms with Crippen molar-refractivity contribution in [1.29, 1.82) is 0 Å². The van der Waals surface area contributed by atoms with E-state index in [1.165, 1.54) is 31.4 Å². The van der Waals surface area contributed by atoms with Crippen molar-refractivity contribution in [2.75, 3.05) is 7.11 Å². The summed E-state index contributed by atoms with van der Waals surface area (Å²) in [6.45, 7) is 0. The van der Waals surface area contributed by atoms with E-state index in [0.717, 1.165) is 0 Å². The average molecular weight is 472 g/mol. The molecule has 2 aromatic rings. The number of esters is 1. The lowest BCUT2D eigenvalue weighted by Crippen LogP contribution is -2.60. The van der Waals surface area contributed by atoms with Crippen molar-refractivity contribution >= 4 is 104 Å². The Hall–Kier alpha value is -2.88. The quantitative estimate of drug-likeness (QED) is 0.252. The lowest BCUT2D eigenvalue weighted by Gasteiger charge is -2.33. The van der Waals surface area contributed by atoms with Crippen LogP contribution in [0.5, 0.6) is 0 Å². The molecule has 1 aliphatic rings. The molecule has 0 aromatic heterocycles. The molecule has 1 atom stereocenters. The predicted molar refractivity (Wildman–Crippen MR) is 134 cm³/mol.